The van der Waals surface area contributed by atoms with Crippen molar-refractivity contribution < 1.29 is 27.1 Å². The van der Waals surface area contributed by atoms with E-state index in [1.807, 2.05) is 19.9 Å². The van der Waals surface area contributed by atoms with E-state index in [2.05, 4.69) is 25.3 Å². The van der Waals surface area contributed by atoms with Crippen molar-refractivity contribution in [2.45, 2.75) is 52.1 Å². The van der Waals surface area contributed by atoms with Crippen molar-refractivity contribution in [2.24, 2.45) is 0 Å². The zero-order valence-corrected chi connectivity index (χ0v) is 20.7. The molecule has 0 unspecified atom stereocenters. The maximum atomic E-state index is 14.4. The van der Waals surface area contributed by atoms with Crippen LogP contribution in [-0.4, -0.2) is 62.1 Å². The quantitative estimate of drug-likeness (QED) is 0.500. The zero-order valence-electron chi connectivity index (χ0n) is 20.7. The fourth-order valence-electron chi connectivity index (χ4n) is 4.44. The first kappa shape index (κ1) is 26.4. The van der Waals surface area contributed by atoms with Gasteiger partial charge in [0.2, 0.25) is 0 Å². The highest BCUT2D eigenvalue weighted by molar-refractivity contribution is 5.99. The number of nitrogens with zero attached hydrogens (tertiary/aromatic N) is 5. The number of aromatic nitrogens is 4. The molecule has 1 aliphatic heterocycles. The monoisotopic (exact) mass is 518 g/mol. The molecule has 37 heavy (non-hydrogen) atoms. The minimum absolute atomic E-state index is 0.0170. The van der Waals surface area contributed by atoms with Gasteiger partial charge in [-0.15, -0.1) is 0 Å². The molecular weight excluding hydrogens is 492 g/mol. The Hall–Kier alpha value is -3.67. The molecule has 0 bridgehead atoms. The first-order chi connectivity index (χ1) is 17.5. The summed E-state index contributed by atoms with van der Waals surface area (Å²) < 4.78 is 58.9. The minimum Gasteiger partial charge on any atom is -0.372 e. The topological polar surface area (TPSA) is 93.1 Å². The van der Waals surface area contributed by atoms with E-state index in [9.17, 15) is 22.4 Å². The van der Waals surface area contributed by atoms with Crippen LogP contribution in [0, 0.1) is 19.7 Å². The van der Waals surface area contributed by atoms with E-state index < -0.39 is 29.7 Å². The third-order valence-corrected chi connectivity index (χ3v) is 6.09. The van der Waals surface area contributed by atoms with E-state index in [1.54, 1.807) is 37.2 Å². The number of morpholine rings is 1. The van der Waals surface area contributed by atoms with Gasteiger partial charge in [-0.3, -0.25) is 4.79 Å². The summed E-state index contributed by atoms with van der Waals surface area (Å²) in [6.07, 6.45) is -1.77. The number of nitrogens with one attached hydrogen (secondary N) is 1. The lowest BCUT2D eigenvalue weighted by Gasteiger charge is -2.43. The number of carbonyl (C=O) groups excluding carboxylic acids is 1. The van der Waals surface area contributed by atoms with E-state index in [0.29, 0.717) is 29.3 Å². The van der Waals surface area contributed by atoms with Crippen molar-refractivity contribution in [3.05, 3.63) is 65.1 Å². The largest absolute Gasteiger partial charge is 0.417 e. The smallest absolute Gasteiger partial charge is 0.372 e. The molecule has 3 aromatic heterocycles. The molecule has 1 amide bonds. The second kappa shape index (κ2) is 10.4. The number of anilines is 1. The second-order valence-corrected chi connectivity index (χ2v) is 8.99. The summed E-state index contributed by atoms with van der Waals surface area (Å²) in [5.74, 6) is -1.53. The van der Waals surface area contributed by atoms with Crippen molar-refractivity contribution in [2.75, 3.05) is 18.4 Å². The predicted octanol–water partition coefficient (Wildman–Crippen LogP) is 4.44. The Morgan fingerprint density at radius 3 is 2.51 bits per heavy atom. The lowest BCUT2D eigenvalue weighted by atomic mass is 10.0. The molecule has 4 heterocycles. The number of halogens is 4. The third-order valence-electron chi connectivity index (χ3n) is 6.09. The number of ether oxygens (including phenoxy) is 1. The molecule has 8 nitrogen and oxygen atoms in total. The summed E-state index contributed by atoms with van der Waals surface area (Å²) in [7, 11) is 0. The van der Waals surface area contributed by atoms with E-state index in [1.165, 1.54) is 0 Å². The first-order valence-electron chi connectivity index (χ1n) is 11.6. The van der Waals surface area contributed by atoms with Gasteiger partial charge in [-0.1, -0.05) is 0 Å². The predicted molar refractivity (Wildman–Crippen MR) is 127 cm³/mol. The summed E-state index contributed by atoms with van der Waals surface area (Å²) in [4.78, 5) is 32.2. The summed E-state index contributed by atoms with van der Waals surface area (Å²) in [5, 5.41) is 2.74. The number of rotatable bonds is 5. The van der Waals surface area contributed by atoms with Crippen LogP contribution >= 0.6 is 0 Å². The van der Waals surface area contributed by atoms with Gasteiger partial charge in [-0.05, 0) is 51.5 Å². The van der Waals surface area contributed by atoms with Crippen LogP contribution in [0.5, 0.6) is 0 Å². The lowest BCUT2D eigenvalue weighted by Crippen LogP contribution is -2.58. The number of amides is 1. The average molecular weight is 519 g/mol. The minimum atomic E-state index is -4.71. The highest BCUT2D eigenvalue weighted by Crippen LogP contribution is 2.31. The molecule has 3 aromatic rings. The molecule has 1 aliphatic rings. The number of carbonyl (C=O) groups is 1. The molecule has 1 saturated heterocycles. The van der Waals surface area contributed by atoms with Crippen LogP contribution in [0.25, 0.3) is 11.4 Å². The van der Waals surface area contributed by atoms with Gasteiger partial charge in [0.1, 0.15) is 5.69 Å². The Balaban J connectivity index is 1.65. The summed E-state index contributed by atoms with van der Waals surface area (Å²) >= 11 is 0. The molecule has 0 spiro atoms. The van der Waals surface area contributed by atoms with Crippen LogP contribution in [0.3, 0.4) is 0 Å². The Morgan fingerprint density at radius 1 is 1.16 bits per heavy atom. The van der Waals surface area contributed by atoms with Crippen molar-refractivity contribution in [1.29, 1.82) is 0 Å². The van der Waals surface area contributed by atoms with Crippen LogP contribution < -0.4 is 5.32 Å². The Kier molecular flexibility index (Phi) is 7.39. The van der Waals surface area contributed by atoms with Gasteiger partial charge >= 0.3 is 6.18 Å². The lowest BCUT2D eigenvalue weighted by molar-refractivity contribution is -0.138. The summed E-state index contributed by atoms with van der Waals surface area (Å²) in [6, 6.07) is 3.29. The second-order valence-electron chi connectivity index (χ2n) is 8.99. The molecule has 4 rings (SSSR count). The van der Waals surface area contributed by atoms with Gasteiger partial charge in [0.05, 0.1) is 29.4 Å². The molecule has 0 saturated carbocycles. The number of aryl methyl sites for hydroxylation is 2. The molecule has 1 fully saturated rings. The van der Waals surface area contributed by atoms with Gasteiger partial charge in [0.15, 0.2) is 17.5 Å². The van der Waals surface area contributed by atoms with Crippen molar-refractivity contribution >= 4 is 11.7 Å². The van der Waals surface area contributed by atoms with Crippen molar-refractivity contribution in [1.82, 2.24) is 24.8 Å². The van der Waals surface area contributed by atoms with Crippen LogP contribution in [0.2, 0.25) is 0 Å². The highest BCUT2D eigenvalue weighted by atomic mass is 19.4. The molecule has 0 aromatic carbocycles. The van der Waals surface area contributed by atoms with Gasteiger partial charge in [0.25, 0.3) is 5.91 Å². The van der Waals surface area contributed by atoms with Crippen molar-refractivity contribution in [3.63, 3.8) is 0 Å². The maximum absolute atomic E-state index is 14.4. The van der Waals surface area contributed by atoms with E-state index in [0.717, 1.165) is 5.56 Å². The van der Waals surface area contributed by atoms with Crippen LogP contribution in [-0.2, 0) is 10.9 Å². The van der Waals surface area contributed by atoms with Crippen LogP contribution in [0.15, 0.2) is 36.8 Å². The van der Waals surface area contributed by atoms with Crippen LogP contribution in [0.4, 0.5) is 23.4 Å². The molecule has 0 radical (unpaired) electrons. The van der Waals surface area contributed by atoms with Gasteiger partial charge in [-0.2, -0.15) is 13.2 Å². The zero-order chi connectivity index (χ0) is 26.9. The van der Waals surface area contributed by atoms with Gasteiger partial charge < -0.3 is 15.0 Å². The first-order valence-corrected chi connectivity index (χ1v) is 11.6. The van der Waals surface area contributed by atoms with Gasteiger partial charge in [0, 0.05) is 37.4 Å². The van der Waals surface area contributed by atoms with E-state index >= 15 is 0 Å². The fourth-order valence-corrected chi connectivity index (χ4v) is 4.44. The molecule has 12 heteroatoms. The molecule has 196 valence electrons. The molecule has 0 aliphatic carbocycles. The third kappa shape index (κ3) is 5.68. The summed E-state index contributed by atoms with van der Waals surface area (Å²) in [5.41, 5.74) is 0.911. The van der Waals surface area contributed by atoms with Crippen LogP contribution in [0.1, 0.15) is 41.2 Å². The number of pyridine rings is 2. The Labute approximate surface area is 211 Å². The van der Waals surface area contributed by atoms with E-state index in [4.69, 9.17) is 4.74 Å². The molecule has 3 atom stereocenters. The standard InChI is InChI=1S/C25H26F4N6O2/c1-13-8-14(2)34-21(20(13)23-30-6-5-7-31-23)24(36)35-12-15(3)37-16(4)19(35)11-33-22-18(26)9-17(10-32-22)25(27,28)29/h5-10,15-16,19H,11-12H2,1-4H3,(H,32,33)/t15-,16+,19-/m1/s1. The summed E-state index contributed by atoms with van der Waals surface area (Å²) in [6.45, 7) is 7.43. The number of alkyl halides is 3. The fraction of sp³-hybridized carbons (Fsp3) is 0.400. The molecular formula is C25H26F4N6O2. The Morgan fingerprint density at radius 2 is 1.86 bits per heavy atom. The van der Waals surface area contributed by atoms with E-state index in [-0.39, 0.29) is 36.6 Å². The Bertz CT molecular complexity index is 1290. The molecule has 1 N–H and O–H groups in total. The highest BCUT2D eigenvalue weighted by Gasteiger charge is 2.38. The normalized spacial score (nSPS) is 20.1. The number of hydrogen-bond acceptors (Lipinski definition) is 7. The number of hydrogen-bond donors (Lipinski definition) is 1. The van der Waals surface area contributed by atoms with Crippen molar-refractivity contribution in [3.8, 4) is 11.4 Å². The maximum Gasteiger partial charge on any atom is 0.417 e. The van der Waals surface area contributed by atoms with Gasteiger partial charge in [-0.25, -0.2) is 24.3 Å². The average Bonchev–Trinajstić information content (AvgIpc) is 2.82. The SMILES string of the molecule is Cc1cc(C)c(-c2ncccn2)c(C(=O)N2C[C@@H](C)O[C@@H](C)[C@H]2CNc2ncc(C(F)(F)F)cc2F)n1.